The molecule has 130 valence electrons. The van der Waals surface area contributed by atoms with Crippen molar-refractivity contribution in [2.75, 3.05) is 0 Å². The molecule has 0 bridgehead atoms. The van der Waals surface area contributed by atoms with E-state index in [4.69, 9.17) is 8.94 Å². The number of rotatable bonds is 6. The van der Waals surface area contributed by atoms with E-state index in [1.54, 1.807) is 23.1 Å². The summed E-state index contributed by atoms with van der Waals surface area (Å²) in [7, 11) is 0. The van der Waals surface area contributed by atoms with E-state index in [0.29, 0.717) is 18.1 Å². The Bertz CT molecular complexity index is 1040. The summed E-state index contributed by atoms with van der Waals surface area (Å²) in [6, 6.07) is 7.82. The number of ketones is 1. The first-order valence-electron chi connectivity index (χ1n) is 7.82. The fraction of sp³-hybridized carbons (Fsp3) is 0.111. The van der Waals surface area contributed by atoms with Gasteiger partial charge in [-0.3, -0.25) is 9.48 Å². The molecule has 0 amide bonds. The molecule has 0 atom stereocenters. The number of Topliss-reactive ketones (excluding diaryl/α,β-unsaturated/α-hetero) is 1. The SMILES string of the molecule is O=C(Cc1cnn(Cc2cccc(F)c2)c1)c1cc(-c2cnco2)on1. The lowest BCUT2D eigenvalue weighted by atomic mass is 10.1. The minimum Gasteiger partial charge on any atom is -0.440 e. The maximum absolute atomic E-state index is 13.2. The summed E-state index contributed by atoms with van der Waals surface area (Å²) in [6.45, 7) is 0.422. The monoisotopic (exact) mass is 352 g/mol. The van der Waals surface area contributed by atoms with Crippen molar-refractivity contribution in [1.82, 2.24) is 19.9 Å². The summed E-state index contributed by atoms with van der Waals surface area (Å²) in [5.41, 5.74) is 1.73. The molecule has 0 aliphatic carbocycles. The summed E-state index contributed by atoms with van der Waals surface area (Å²) >= 11 is 0. The summed E-state index contributed by atoms with van der Waals surface area (Å²) in [5.74, 6) is 0.246. The molecule has 0 spiro atoms. The normalized spacial score (nSPS) is 11.0. The zero-order chi connectivity index (χ0) is 17.9. The van der Waals surface area contributed by atoms with Gasteiger partial charge in [0.05, 0.1) is 18.9 Å². The Morgan fingerprint density at radius 1 is 1.15 bits per heavy atom. The molecular formula is C18H13FN4O3. The number of halogens is 1. The van der Waals surface area contributed by atoms with Crippen LogP contribution in [0.2, 0.25) is 0 Å². The third kappa shape index (κ3) is 3.44. The van der Waals surface area contributed by atoms with Crippen LogP contribution in [0.25, 0.3) is 11.5 Å². The molecule has 4 rings (SSSR count). The van der Waals surface area contributed by atoms with Gasteiger partial charge in [-0.1, -0.05) is 17.3 Å². The van der Waals surface area contributed by atoms with Crippen molar-refractivity contribution >= 4 is 5.78 Å². The molecule has 0 aliphatic heterocycles. The fourth-order valence-electron chi connectivity index (χ4n) is 2.54. The predicted molar refractivity (Wildman–Crippen MR) is 87.8 cm³/mol. The van der Waals surface area contributed by atoms with Crippen LogP contribution >= 0.6 is 0 Å². The van der Waals surface area contributed by atoms with Gasteiger partial charge in [0.15, 0.2) is 23.6 Å². The van der Waals surface area contributed by atoms with Crippen LogP contribution < -0.4 is 0 Å². The molecule has 26 heavy (non-hydrogen) atoms. The number of hydrogen-bond acceptors (Lipinski definition) is 6. The Morgan fingerprint density at radius 3 is 2.88 bits per heavy atom. The molecule has 0 N–H and O–H groups in total. The van der Waals surface area contributed by atoms with Crippen LogP contribution in [0, 0.1) is 5.82 Å². The smallest absolute Gasteiger partial charge is 0.204 e. The van der Waals surface area contributed by atoms with Crippen molar-refractivity contribution in [3.8, 4) is 11.5 Å². The third-order valence-corrected chi connectivity index (χ3v) is 3.76. The van der Waals surface area contributed by atoms with Crippen LogP contribution in [0.4, 0.5) is 4.39 Å². The summed E-state index contributed by atoms with van der Waals surface area (Å²) < 4.78 is 25.1. The van der Waals surface area contributed by atoms with E-state index in [-0.39, 0.29) is 23.7 Å². The van der Waals surface area contributed by atoms with E-state index in [2.05, 4.69) is 15.2 Å². The molecule has 7 nitrogen and oxygen atoms in total. The van der Waals surface area contributed by atoms with E-state index in [9.17, 15) is 9.18 Å². The standard InChI is InChI=1S/C18H13FN4O3/c19-14-3-1-2-12(4-14)9-23-10-13(7-21-23)5-16(24)15-6-17(26-22-15)18-8-20-11-25-18/h1-4,6-8,10-11H,5,9H2. The Labute approximate surface area is 147 Å². The maximum Gasteiger partial charge on any atom is 0.204 e. The van der Waals surface area contributed by atoms with Crippen molar-refractivity contribution < 1.29 is 18.1 Å². The highest BCUT2D eigenvalue weighted by Gasteiger charge is 2.16. The van der Waals surface area contributed by atoms with Crippen molar-refractivity contribution in [3.63, 3.8) is 0 Å². The maximum atomic E-state index is 13.2. The van der Waals surface area contributed by atoms with Gasteiger partial charge in [-0.2, -0.15) is 5.10 Å². The van der Waals surface area contributed by atoms with Gasteiger partial charge in [0.2, 0.25) is 5.76 Å². The van der Waals surface area contributed by atoms with Crippen molar-refractivity contribution in [1.29, 1.82) is 0 Å². The van der Waals surface area contributed by atoms with E-state index < -0.39 is 0 Å². The van der Waals surface area contributed by atoms with Gasteiger partial charge >= 0.3 is 0 Å². The van der Waals surface area contributed by atoms with Crippen LogP contribution in [-0.2, 0) is 13.0 Å². The minimum absolute atomic E-state index is 0.130. The highest BCUT2D eigenvalue weighted by molar-refractivity contribution is 5.96. The molecule has 3 heterocycles. The molecule has 0 fully saturated rings. The van der Waals surface area contributed by atoms with E-state index in [1.165, 1.54) is 30.8 Å². The first-order valence-corrected chi connectivity index (χ1v) is 7.82. The third-order valence-electron chi connectivity index (χ3n) is 3.76. The molecule has 0 radical (unpaired) electrons. The Balaban J connectivity index is 1.43. The second kappa shape index (κ2) is 6.75. The number of aromatic nitrogens is 4. The molecule has 3 aromatic heterocycles. The Hall–Kier alpha value is -3.55. The van der Waals surface area contributed by atoms with Crippen molar-refractivity contribution in [3.05, 3.63) is 78.0 Å². The van der Waals surface area contributed by atoms with Gasteiger partial charge in [-0.25, -0.2) is 9.37 Å². The lowest BCUT2D eigenvalue weighted by molar-refractivity contribution is 0.0984. The average Bonchev–Trinajstić information content (AvgIpc) is 3.36. The predicted octanol–water partition coefficient (Wildman–Crippen LogP) is 3.14. The fourth-order valence-corrected chi connectivity index (χ4v) is 2.54. The number of carbonyl (C=O) groups excluding carboxylic acids is 1. The number of carbonyl (C=O) groups is 1. The van der Waals surface area contributed by atoms with Crippen molar-refractivity contribution in [2.45, 2.75) is 13.0 Å². The van der Waals surface area contributed by atoms with Gasteiger partial charge in [0.1, 0.15) is 5.82 Å². The molecule has 1 aromatic carbocycles. The number of hydrogen-bond donors (Lipinski definition) is 0. The minimum atomic E-state index is -0.293. The zero-order valence-corrected chi connectivity index (χ0v) is 13.5. The molecular weight excluding hydrogens is 339 g/mol. The van der Waals surface area contributed by atoms with Gasteiger partial charge in [0.25, 0.3) is 0 Å². The first kappa shape index (κ1) is 15.9. The molecule has 4 aromatic rings. The number of benzene rings is 1. The summed E-state index contributed by atoms with van der Waals surface area (Å²) in [5, 5.41) is 7.98. The van der Waals surface area contributed by atoms with E-state index in [0.717, 1.165) is 11.1 Å². The highest BCUT2D eigenvalue weighted by atomic mass is 19.1. The second-order valence-corrected chi connectivity index (χ2v) is 5.72. The highest BCUT2D eigenvalue weighted by Crippen LogP contribution is 2.20. The van der Waals surface area contributed by atoms with Crippen LogP contribution in [0.1, 0.15) is 21.6 Å². The first-order chi connectivity index (χ1) is 12.7. The lowest BCUT2D eigenvalue weighted by Gasteiger charge is -2.01. The zero-order valence-electron chi connectivity index (χ0n) is 13.5. The van der Waals surface area contributed by atoms with E-state index in [1.807, 2.05) is 6.07 Å². The van der Waals surface area contributed by atoms with Gasteiger partial charge < -0.3 is 8.94 Å². The molecule has 0 saturated heterocycles. The molecule has 0 saturated carbocycles. The van der Waals surface area contributed by atoms with Gasteiger partial charge in [0, 0.05) is 18.7 Å². The Morgan fingerprint density at radius 2 is 2.08 bits per heavy atom. The molecule has 0 unspecified atom stereocenters. The lowest BCUT2D eigenvalue weighted by Crippen LogP contribution is -2.03. The van der Waals surface area contributed by atoms with E-state index >= 15 is 0 Å². The topological polar surface area (TPSA) is 87.0 Å². The number of nitrogens with zero attached hydrogens (tertiary/aromatic N) is 4. The Kier molecular flexibility index (Phi) is 4.14. The van der Waals surface area contributed by atoms with Crippen LogP contribution in [0.15, 0.2) is 64.3 Å². The van der Waals surface area contributed by atoms with Crippen LogP contribution in [-0.4, -0.2) is 25.7 Å². The average molecular weight is 352 g/mol. The molecule has 0 aliphatic rings. The quantitative estimate of drug-likeness (QED) is 0.496. The molecule has 8 heteroatoms. The van der Waals surface area contributed by atoms with Gasteiger partial charge in [-0.15, -0.1) is 0 Å². The second-order valence-electron chi connectivity index (χ2n) is 5.72. The van der Waals surface area contributed by atoms with Crippen molar-refractivity contribution in [2.24, 2.45) is 0 Å². The van der Waals surface area contributed by atoms with Gasteiger partial charge in [-0.05, 0) is 23.3 Å². The largest absolute Gasteiger partial charge is 0.440 e. The number of oxazole rings is 1. The summed E-state index contributed by atoms with van der Waals surface area (Å²) in [6.07, 6.45) is 6.23. The summed E-state index contributed by atoms with van der Waals surface area (Å²) in [4.78, 5) is 16.1. The van der Waals surface area contributed by atoms with Crippen LogP contribution in [0.5, 0.6) is 0 Å². The van der Waals surface area contributed by atoms with Crippen LogP contribution in [0.3, 0.4) is 0 Å².